The van der Waals surface area contributed by atoms with E-state index < -0.39 is 5.97 Å². The van der Waals surface area contributed by atoms with Crippen molar-refractivity contribution in [2.24, 2.45) is 0 Å². The Morgan fingerprint density at radius 2 is 2.14 bits per heavy atom. The van der Waals surface area contributed by atoms with E-state index in [-0.39, 0.29) is 18.4 Å². The fraction of sp³-hybridized carbons (Fsp3) is 0.467. The first-order valence-electron chi connectivity index (χ1n) is 6.89. The van der Waals surface area contributed by atoms with Gasteiger partial charge in [0.15, 0.2) is 0 Å². The van der Waals surface area contributed by atoms with Crippen molar-refractivity contribution in [3.63, 3.8) is 0 Å². The van der Waals surface area contributed by atoms with Gasteiger partial charge in [0.1, 0.15) is 0 Å². The zero-order valence-electron chi connectivity index (χ0n) is 11.6. The van der Waals surface area contributed by atoms with Gasteiger partial charge in [0.2, 0.25) is 5.91 Å². The van der Waals surface area contributed by atoms with Crippen molar-refractivity contribution in [2.45, 2.75) is 31.1 Å². The van der Waals surface area contributed by atoms with Gasteiger partial charge in [-0.25, -0.2) is 0 Å². The Bertz CT molecular complexity index is 519. The number of carboxylic acids is 1. The Kier molecular flexibility index (Phi) is 5.94. The minimum atomic E-state index is -0.861. The minimum absolute atomic E-state index is 0.0151. The molecule has 1 aromatic rings. The van der Waals surface area contributed by atoms with E-state index in [2.05, 4.69) is 0 Å². The molecule has 0 spiro atoms. The van der Waals surface area contributed by atoms with E-state index >= 15 is 0 Å². The van der Waals surface area contributed by atoms with Crippen LogP contribution in [0.2, 0.25) is 5.02 Å². The number of hydrogen-bond donors (Lipinski definition) is 1. The zero-order chi connectivity index (χ0) is 15.2. The van der Waals surface area contributed by atoms with Crippen LogP contribution >= 0.6 is 23.4 Å². The third-order valence-electron chi connectivity index (χ3n) is 3.26. The van der Waals surface area contributed by atoms with Crippen molar-refractivity contribution in [1.82, 2.24) is 4.90 Å². The van der Waals surface area contributed by atoms with Gasteiger partial charge in [-0.1, -0.05) is 23.7 Å². The summed E-state index contributed by atoms with van der Waals surface area (Å²) in [4.78, 5) is 24.5. The van der Waals surface area contributed by atoms with E-state index in [9.17, 15) is 9.59 Å². The number of amides is 1. The predicted octanol–water partition coefficient (Wildman–Crippen LogP) is 3.04. The smallest absolute Gasteiger partial charge is 0.305 e. The van der Waals surface area contributed by atoms with Gasteiger partial charge >= 0.3 is 5.97 Å². The molecule has 0 bridgehead atoms. The first-order chi connectivity index (χ1) is 10.1. The summed E-state index contributed by atoms with van der Waals surface area (Å²) in [6, 6.07) is 7.84. The monoisotopic (exact) mass is 327 g/mol. The molecule has 0 heterocycles. The normalized spacial score (nSPS) is 14.0. The lowest BCUT2D eigenvalue weighted by atomic mass is 10.2. The van der Waals surface area contributed by atoms with Crippen molar-refractivity contribution in [2.75, 3.05) is 12.3 Å². The molecule has 1 aliphatic carbocycles. The van der Waals surface area contributed by atoms with Crippen molar-refractivity contribution in [1.29, 1.82) is 0 Å². The van der Waals surface area contributed by atoms with E-state index in [0.717, 1.165) is 24.2 Å². The van der Waals surface area contributed by atoms with Crippen LogP contribution in [0.25, 0.3) is 0 Å². The summed E-state index contributed by atoms with van der Waals surface area (Å²) in [5.41, 5.74) is 1.09. The summed E-state index contributed by atoms with van der Waals surface area (Å²) in [6.45, 7) is 0.316. The van der Waals surface area contributed by atoms with Crippen LogP contribution in [0.1, 0.15) is 24.8 Å². The number of aliphatic carboxylic acids is 1. The highest BCUT2D eigenvalue weighted by Gasteiger charge is 2.32. The molecule has 1 N–H and O–H groups in total. The van der Waals surface area contributed by atoms with Crippen LogP contribution in [0.4, 0.5) is 0 Å². The highest BCUT2D eigenvalue weighted by molar-refractivity contribution is 7.99. The van der Waals surface area contributed by atoms with Crippen LogP contribution in [0.15, 0.2) is 24.3 Å². The number of halogens is 1. The molecule has 1 aliphatic rings. The molecule has 0 aliphatic heterocycles. The number of carbonyl (C=O) groups is 2. The van der Waals surface area contributed by atoms with Crippen LogP contribution in [-0.4, -0.2) is 40.2 Å². The van der Waals surface area contributed by atoms with Crippen LogP contribution < -0.4 is 0 Å². The molecule has 0 radical (unpaired) electrons. The second-order valence-corrected chi connectivity index (χ2v) is 6.51. The number of thioether (sulfide) groups is 1. The van der Waals surface area contributed by atoms with E-state index in [4.69, 9.17) is 16.7 Å². The topological polar surface area (TPSA) is 57.6 Å². The minimum Gasteiger partial charge on any atom is -0.481 e. The molecule has 6 heteroatoms. The second kappa shape index (κ2) is 7.71. The Morgan fingerprint density at radius 1 is 1.38 bits per heavy atom. The van der Waals surface area contributed by atoms with Crippen LogP contribution in [0.3, 0.4) is 0 Å². The van der Waals surface area contributed by atoms with Crippen LogP contribution in [0, 0.1) is 0 Å². The van der Waals surface area contributed by atoms with Gasteiger partial charge < -0.3 is 10.0 Å². The molecule has 1 saturated carbocycles. The first-order valence-corrected chi connectivity index (χ1v) is 8.43. The summed E-state index contributed by atoms with van der Waals surface area (Å²) in [5, 5.41) is 9.44. The largest absolute Gasteiger partial charge is 0.481 e. The number of carbonyl (C=O) groups excluding carboxylic acids is 1. The van der Waals surface area contributed by atoms with Crippen molar-refractivity contribution < 1.29 is 14.7 Å². The fourth-order valence-corrected chi connectivity index (χ4v) is 3.15. The summed E-state index contributed by atoms with van der Waals surface area (Å²) < 4.78 is 0. The van der Waals surface area contributed by atoms with Gasteiger partial charge in [-0.05, 0) is 30.5 Å². The highest BCUT2D eigenvalue weighted by Crippen LogP contribution is 2.28. The van der Waals surface area contributed by atoms with E-state index in [1.54, 1.807) is 4.90 Å². The molecule has 4 nitrogen and oxygen atoms in total. The number of nitrogens with zero attached hydrogens (tertiary/aromatic N) is 1. The summed E-state index contributed by atoms with van der Waals surface area (Å²) >= 11 is 7.45. The number of benzene rings is 1. The lowest BCUT2D eigenvalue weighted by molar-refractivity contribution is -0.138. The quantitative estimate of drug-likeness (QED) is 0.797. The lowest BCUT2D eigenvalue weighted by Gasteiger charge is -2.21. The molecular weight excluding hydrogens is 310 g/mol. The molecule has 1 amide bonds. The van der Waals surface area contributed by atoms with Gasteiger partial charge in [0.05, 0.1) is 12.2 Å². The van der Waals surface area contributed by atoms with Gasteiger partial charge in [-0.15, -0.1) is 11.8 Å². The summed E-state index contributed by atoms with van der Waals surface area (Å²) in [5.74, 6) is 0.276. The zero-order valence-corrected chi connectivity index (χ0v) is 13.2. The summed E-state index contributed by atoms with van der Waals surface area (Å²) in [7, 11) is 0. The Hall–Kier alpha value is -1.20. The maximum absolute atomic E-state index is 12.2. The van der Waals surface area contributed by atoms with E-state index in [0.29, 0.717) is 17.3 Å². The molecule has 0 saturated heterocycles. The molecule has 1 fully saturated rings. The van der Waals surface area contributed by atoms with Crippen molar-refractivity contribution in [3.8, 4) is 0 Å². The molecule has 0 atom stereocenters. The number of rotatable bonds is 8. The van der Waals surface area contributed by atoms with E-state index in [1.807, 2.05) is 24.3 Å². The third kappa shape index (κ3) is 5.59. The highest BCUT2D eigenvalue weighted by atomic mass is 35.5. The predicted molar refractivity (Wildman–Crippen MR) is 84.6 cm³/mol. The summed E-state index contributed by atoms with van der Waals surface area (Å²) in [6.07, 6.45) is 2.00. The van der Waals surface area contributed by atoms with Crippen LogP contribution in [0.5, 0.6) is 0 Å². The molecule has 0 unspecified atom stereocenters. The Morgan fingerprint density at radius 3 is 2.76 bits per heavy atom. The maximum Gasteiger partial charge on any atom is 0.305 e. The molecule has 0 aromatic heterocycles. The van der Waals surface area contributed by atoms with Gasteiger partial charge in [0, 0.05) is 23.4 Å². The van der Waals surface area contributed by atoms with Crippen molar-refractivity contribution >= 4 is 35.2 Å². The molecule has 21 heavy (non-hydrogen) atoms. The lowest BCUT2D eigenvalue weighted by Crippen LogP contribution is -2.36. The third-order valence-corrected chi connectivity index (χ3v) is 4.48. The second-order valence-electron chi connectivity index (χ2n) is 5.08. The van der Waals surface area contributed by atoms with Gasteiger partial charge in [-0.3, -0.25) is 9.59 Å². The molecule has 1 aromatic carbocycles. The standard InChI is InChI=1S/C15H18ClNO3S/c16-12-3-1-2-11(8-12)9-21-10-14(18)17(13-4-5-13)7-6-15(19)20/h1-3,8,13H,4-7,9-10H2,(H,19,20). The number of hydrogen-bond acceptors (Lipinski definition) is 3. The average molecular weight is 328 g/mol. The molecular formula is C15H18ClNO3S. The molecule has 114 valence electrons. The Balaban J connectivity index is 1.78. The van der Waals surface area contributed by atoms with E-state index in [1.165, 1.54) is 11.8 Å². The first kappa shape index (κ1) is 16.2. The fourth-order valence-electron chi connectivity index (χ4n) is 2.08. The number of carboxylic acid groups (broad SMARTS) is 1. The molecule has 2 rings (SSSR count). The van der Waals surface area contributed by atoms with Crippen molar-refractivity contribution in [3.05, 3.63) is 34.9 Å². The van der Waals surface area contributed by atoms with Gasteiger partial charge in [0.25, 0.3) is 0 Å². The van der Waals surface area contributed by atoms with Crippen LogP contribution in [-0.2, 0) is 15.3 Å². The SMILES string of the molecule is O=C(O)CCN(C(=O)CSCc1cccc(Cl)c1)C1CC1. The maximum atomic E-state index is 12.2. The van der Waals surface area contributed by atoms with Gasteiger partial charge in [-0.2, -0.15) is 0 Å². The Labute approximate surface area is 133 Å². The average Bonchev–Trinajstić information content (AvgIpc) is 3.23.